The van der Waals surface area contributed by atoms with Crippen molar-refractivity contribution in [3.05, 3.63) is 35.4 Å². The van der Waals surface area contributed by atoms with Crippen molar-refractivity contribution in [3.63, 3.8) is 0 Å². The lowest BCUT2D eigenvalue weighted by atomic mass is 10.0. The third-order valence-electron chi connectivity index (χ3n) is 3.10. The molecule has 2 unspecified atom stereocenters. The quantitative estimate of drug-likeness (QED) is 0.847. The fourth-order valence-electron chi connectivity index (χ4n) is 1.84. The lowest BCUT2D eigenvalue weighted by molar-refractivity contribution is -0.137. The summed E-state index contributed by atoms with van der Waals surface area (Å²) in [5.74, 6) is -0.322. The second kappa shape index (κ2) is 7.42. The van der Waals surface area contributed by atoms with Crippen LogP contribution in [0.1, 0.15) is 30.5 Å². The van der Waals surface area contributed by atoms with Gasteiger partial charge < -0.3 is 15.8 Å². The first-order valence-corrected chi connectivity index (χ1v) is 6.47. The summed E-state index contributed by atoms with van der Waals surface area (Å²) in [6.45, 7) is 1.82. The molecule has 0 aliphatic heterocycles. The van der Waals surface area contributed by atoms with E-state index in [9.17, 15) is 18.0 Å². The molecule has 118 valence electrons. The van der Waals surface area contributed by atoms with Crippen LogP contribution in [0.2, 0.25) is 0 Å². The second-order valence-corrected chi connectivity index (χ2v) is 4.71. The van der Waals surface area contributed by atoms with E-state index in [2.05, 4.69) is 5.32 Å². The summed E-state index contributed by atoms with van der Waals surface area (Å²) in [5.41, 5.74) is 5.06. The molecule has 1 aromatic rings. The van der Waals surface area contributed by atoms with Gasteiger partial charge in [0.1, 0.15) is 0 Å². The number of hydrogen-bond donors (Lipinski definition) is 2. The van der Waals surface area contributed by atoms with Crippen LogP contribution in [0.5, 0.6) is 0 Å². The Morgan fingerprint density at radius 2 is 2.10 bits per heavy atom. The van der Waals surface area contributed by atoms with Gasteiger partial charge in [0.05, 0.1) is 24.1 Å². The SMILES string of the molecule is COC(CN)CC(=O)NC(C)c1cccc(C(F)(F)F)c1. The first-order valence-electron chi connectivity index (χ1n) is 6.47. The van der Waals surface area contributed by atoms with E-state index in [0.29, 0.717) is 5.56 Å². The van der Waals surface area contributed by atoms with Crippen LogP contribution in [0, 0.1) is 0 Å². The Hall–Kier alpha value is -1.60. The predicted molar refractivity (Wildman–Crippen MR) is 72.5 cm³/mol. The highest BCUT2D eigenvalue weighted by atomic mass is 19.4. The minimum atomic E-state index is -4.40. The molecule has 21 heavy (non-hydrogen) atoms. The summed E-state index contributed by atoms with van der Waals surface area (Å²) < 4.78 is 42.9. The third-order valence-corrected chi connectivity index (χ3v) is 3.10. The van der Waals surface area contributed by atoms with Crippen molar-refractivity contribution in [2.75, 3.05) is 13.7 Å². The Labute approximate surface area is 121 Å². The Morgan fingerprint density at radius 3 is 2.62 bits per heavy atom. The standard InChI is InChI=1S/C14H19F3N2O2/c1-9(19-13(20)7-12(8-18)21-2)10-4-3-5-11(6-10)14(15,16)17/h3-6,9,12H,7-8,18H2,1-2H3,(H,19,20). The molecule has 7 heteroatoms. The fraction of sp³-hybridized carbons (Fsp3) is 0.500. The molecule has 0 radical (unpaired) electrons. The van der Waals surface area contributed by atoms with E-state index >= 15 is 0 Å². The second-order valence-electron chi connectivity index (χ2n) is 4.71. The van der Waals surface area contributed by atoms with Gasteiger partial charge in [0.25, 0.3) is 0 Å². The van der Waals surface area contributed by atoms with Crippen molar-refractivity contribution >= 4 is 5.91 Å². The molecule has 0 saturated heterocycles. The van der Waals surface area contributed by atoms with Gasteiger partial charge in [-0.25, -0.2) is 0 Å². The third kappa shape index (κ3) is 5.35. The molecule has 0 bridgehead atoms. The highest BCUT2D eigenvalue weighted by Gasteiger charge is 2.30. The number of carbonyl (C=O) groups excluding carboxylic acids is 1. The van der Waals surface area contributed by atoms with Gasteiger partial charge in [0.2, 0.25) is 5.91 Å². The minimum absolute atomic E-state index is 0.0658. The molecule has 0 aliphatic carbocycles. The van der Waals surface area contributed by atoms with Crippen molar-refractivity contribution in [1.29, 1.82) is 0 Å². The number of nitrogens with one attached hydrogen (secondary N) is 1. The fourth-order valence-corrected chi connectivity index (χ4v) is 1.84. The molecule has 0 aromatic heterocycles. The number of amides is 1. The average molecular weight is 304 g/mol. The van der Waals surface area contributed by atoms with Crippen LogP contribution < -0.4 is 11.1 Å². The molecule has 3 N–H and O–H groups in total. The van der Waals surface area contributed by atoms with E-state index < -0.39 is 23.9 Å². The van der Waals surface area contributed by atoms with Gasteiger partial charge in [-0.1, -0.05) is 12.1 Å². The van der Waals surface area contributed by atoms with Crippen LogP contribution in [0.4, 0.5) is 13.2 Å². The predicted octanol–water partition coefficient (Wildman–Crippen LogP) is 2.25. The van der Waals surface area contributed by atoms with Crippen LogP contribution in [0.3, 0.4) is 0 Å². The first kappa shape index (κ1) is 17.5. The van der Waals surface area contributed by atoms with Gasteiger partial charge in [0.15, 0.2) is 0 Å². The highest BCUT2D eigenvalue weighted by molar-refractivity contribution is 5.77. The van der Waals surface area contributed by atoms with Crippen LogP contribution >= 0.6 is 0 Å². The number of halogens is 3. The van der Waals surface area contributed by atoms with Gasteiger partial charge in [-0.2, -0.15) is 13.2 Å². The summed E-state index contributed by atoms with van der Waals surface area (Å²) in [6, 6.07) is 4.35. The highest BCUT2D eigenvalue weighted by Crippen LogP contribution is 2.30. The molecular formula is C14H19F3N2O2. The molecule has 1 aromatic carbocycles. The zero-order chi connectivity index (χ0) is 16.0. The topological polar surface area (TPSA) is 64.3 Å². The molecule has 0 aliphatic rings. The number of carbonyl (C=O) groups is 1. The summed E-state index contributed by atoms with van der Waals surface area (Å²) in [5, 5.41) is 2.63. The minimum Gasteiger partial charge on any atom is -0.380 e. The number of rotatable bonds is 6. The normalized spacial score (nSPS) is 14.6. The Kier molecular flexibility index (Phi) is 6.17. The number of hydrogen-bond acceptors (Lipinski definition) is 3. The number of alkyl halides is 3. The number of nitrogens with two attached hydrogens (primary N) is 1. The maximum Gasteiger partial charge on any atom is 0.416 e. The molecule has 4 nitrogen and oxygen atoms in total. The Balaban J connectivity index is 2.71. The summed E-state index contributed by atoms with van der Waals surface area (Å²) in [4.78, 5) is 11.8. The molecule has 0 saturated carbocycles. The van der Waals surface area contributed by atoms with Gasteiger partial charge in [-0.3, -0.25) is 4.79 Å². The van der Waals surface area contributed by atoms with Crippen molar-refractivity contribution in [2.45, 2.75) is 31.7 Å². The molecule has 2 atom stereocenters. The van der Waals surface area contributed by atoms with E-state index in [1.54, 1.807) is 6.92 Å². The van der Waals surface area contributed by atoms with Crippen molar-refractivity contribution in [2.24, 2.45) is 5.73 Å². The van der Waals surface area contributed by atoms with E-state index in [-0.39, 0.29) is 18.9 Å². The molecular weight excluding hydrogens is 285 g/mol. The molecule has 0 fully saturated rings. The first-order chi connectivity index (χ1) is 9.77. The Morgan fingerprint density at radius 1 is 1.43 bits per heavy atom. The lowest BCUT2D eigenvalue weighted by Crippen LogP contribution is -2.33. The van der Waals surface area contributed by atoms with Gasteiger partial charge >= 0.3 is 6.18 Å². The van der Waals surface area contributed by atoms with Gasteiger partial charge in [-0.05, 0) is 24.6 Å². The molecule has 1 rings (SSSR count). The zero-order valence-corrected chi connectivity index (χ0v) is 11.9. The number of benzene rings is 1. The van der Waals surface area contributed by atoms with Crippen LogP contribution in [-0.4, -0.2) is 25.7 Å². The monoisotopic (exact) mass is 304 g/mol. The van der Waals surface area contributed by atoms with Crippen molar-refractivity contribution in [3.8, 4) is 0 Å². The summed E-state index contributed by atoms with van der Waals surface area (Å²) >= 11 is 0. The van der Waals surface area contributed by atoms with Crippen LogP contribution in [0.25, 0.3) is 0 Å². The largest absolute Gasteiger partial charge is 0.416 e. The smallest absolute Gasteiger partial charge is 0.380 e. The van der Waals surface area contributed by atoms with Gasteiger partial charge in [0, 0.05) is 13.7 Å². The van der Waals surface area contributed by atoms with E-state index in [0.717, 1.165) is 12.1 Å². The van der Waals surface area contributed by atoms with E-state index in [1.165, 1.54) is 19.2 Å². The van der Waals surface area contributed by atoms with Crippen molar-refractivity contribution < 1.29 is 22.7 Å². The number of methoxy groups -OCH3 is 1. The maximum absolute atomic E-state index is 12.6. The number of ether oxygens (including phenoxy) is 1. The van der Waals surface area contributed by atoms with Crippen LogP contribution in [0.15, 0.2) is 24.3 Å². The zero-order valence-electron chi connectivity index (χ0n) is 11.9. The average Bonchev–Trinajstić information content (AvgIpc) is 2.43. The maximum atomic E-state index is 12.6. The summed E-state index contributed by atoms with van der Waals surface area (Å²) in [6.07, 6.45) is -4.74. The van der Waals surface area contributed by atoms with E-state index in [1.807, 2.05) is 0 Å². The summed E-state index contributed by atoms with van der Waals surface area (Å²) in [7, 11) is 1.45. The Bertz CT molecular complexity index is 474. The molecule has 0 heterocycles. The molecule has 1 amide bonds. The van der Waals surface area contributed by atoms with Crippen LogP contribution in [-0.2, 0) is 15.7 Å². The van der Waals surface area contributed by atoms with E-state index in [4.69, 9.17) is 10.5 Å². The molecule has 0 spiro atoms. The van der Waals surface area contributed by atoms with Gasteiger partial charge in [-0.15, -0.1) is 0 Å². The lowest BCUT2D eigenvalue weighted by Gasteiger charge is -2.18. The van der Waals surface area contributed by atoms with Crippen molar-refractivity contribution in [1.82, 2.24) is 5.32 Å².